The molecule has 0 bridgehead atoms. The van der Waals surface area contributed by atoms with Crippen LogP contribution in [0.4, 0.5) is 20.2 Å². The predicted molar refractivity (Wildman–Crippen MR) is 118 cm³/mol. The summed E-state index contributed by atoms with van der Waals surface area (Å²) in [4.78, 5) is 9.71. The van der Waals surface area contributed by atoms with Crippen molar-refractivity contribution in [2.45, 2.75) is 6.42 Å². The van der Waals surface area contributed by atoms with Crippen molar-refractivity contribution in [3.63, 3.8) is 0 Å². The normalized spacial score (nSPS) is 13.1. The summed E-state index contributed by atoms with van der Waals surface area (Å²) in [5.74, 6) is -1.79. The van der Waals surface area contributed by atoms with E-state index in [0.29, 0.717) is 29.2 Å². The summed E-state index contributed by atoms with van der Waals surface area (Å²) < 4.78 is 27.2. The fourth-order valence-electron chi connectivity index (χ4n) is 3.67. The number of pyridine rings is 2. The highest BCUT2D eigenvalue weighted by atomic mass is 32.1. The second kappa shape index (κ2) is 7.42. The lowest BCUT2D eigenvalue weighted by atomic mass is 10.0. The Morgan fingerprint density at radius 3 is 2.73 bits per heavy atom. The predicted octanol–water partition coefficient (Wildman–Crippen LogP) is 5.14. The largest absolute Gasteiger partial charge is 0.375 e. The lowest BCUT2D eigenvalue weighted by Crippen LogP contribution is -2.32. The third-order valence-electron chi connectivity index (χ3n) is 5.10. The maximum Gasteiger partial charge on any atom is 0.159 e. The zero-order valence-corrected chi connectivity index (χ0v) is 16.6. The molecule has 0 atom stereocenters. The van der Waals surface area contributed by atoms with Crippen LogP contribution in [0.25, 0.3) is 22.2 Å². The number of hydrogen-bond donors (Lipinski definition) is 2. The highest BCUT2D eigenvalue weighted by molar-refractivity contribution is 7.80. The molecule has 4 aromatic rings. The van der Waals surface area contributed by atoms with E-state index in [1.807, 2.05) is 36.4 Å². The van der Waals surface area contributed by atoms with Crippen molar-refractivity contribution in [1.29, 1.82) is 0 Å². The van der Waals surface area contributed by atoms with Crippen LogP contribution in [0.3, 0.4) is 0 Å². The number of halogens is 2. The SMILES string of the molecule is Fc1ccc(-c2cc(Nc3cccc4ncccc34)c3c(n2)CCNC3=S)cc1F. The molecule has 0 aliphatic carbocycles. The van der Waals surface area contributed by atoms with E-state index in [2.05, 4.69) is 15.6 Å². The van der Waals surface area contributed by atoms with E-state index < -0.39 is 11.6 Å². The monoisotopic (exact) mass is 418 g/mol. The third kappa shape index (κ3) is 3.27. The van der Waals surface area contributed by atoms with Gasteiger partial charge in [0, 0.05) is 35.8 Å². The van der Waals surface area contributed by atoms with Gasteiger partial charge in [0.2, 0.25) is 0 Å². The Labute approximate surface area is 177 Å². The number of fused-ring (bicyclic) bond motifs is 2. The van der Waals surface area contributed by atoms with E-state index in [-0.39, 0.29) is 0 Å². The van der Waals surface area contributed by atoms with Gasteiger partial charge in [-0.05, 0) is 48.5 Å². The minimum absolute atomic E-state index is 0.504. The van der Waals surface area contributed by atoms with Crippen LogP contribution < -0.4 is 10.6 Å². The fourth-order valence-corrected chi connectivity index (χ4v) is 4.00. The molecule has 7 heteroatoms. The highest BCUT2D eigenvalue weighted by Crippen LogP contribution is 2.33. The van der Waals surface area contributed by atoms with Gasteiger partial charge in [0.1, 0.15) is 4.99 Å². The number of nitrogens with one attached hydrogen (secondary N) is 2. The van der Waals surface area contributed by atoms with Crippen LogP contribution in [-0.2, 0) is 6.42 Å². The Hall–Kier alpha value is -3.45. The maximum atomic E-state index is 13.8. The van der Waals surface area contributed by atoms with Crippen molar-refractivity contribution in [2.24, 2.45) is 0 Å². The van der Waals surface area contributed by atoms with Gasteiger partial charge in [0.25, 0.3) is 0 Å². The molecule has 0 amide bonds. The van der Waals surface area contributed by atoms with Crippen LogP contribution in [0.2, 0.25) is 0 Å². The molecule has 1 aliphatic heterocycles. The molecule has 2 aromatic heterocycles. The summed E-state index contributed by atoms with van der Waals surface area (Å²) >= 11 is 5.54. The summed E-state index contributed by atoms with van der Waals surface area (Å²) in [6, 6.07) is 15.3. The minimum atomic E-state index is -0.904. The van der Waals surface area contributed by atoms with Crippen molar-refractivity contribution in [2.75, 3.05) is 11.9 Å². The molecule has 0 saturated heterocycles. The average molecular weight is 418 g/mol. The molecule has 1 aliphatic rings. The van der Waals surface area contributed by atoms with E-state index >= 15 is 0 Å². The van der Waals surface area contributed by atoms with Crippen molar-refractivity contribution in [1.82, 2.24) is 15.3 Å². The number of thiocarbonyl (C=S) groups is 1. The first-order valence-corrected chi connectivity index (χ1v) is 9.89. The van der Waals surface area contributed by atoms with Gasteiger partial charge >= 0.3 is 0 Å². The molecule has 0 spiro atoms. The maximum absolute atomic E-state index is 13.8. The van der Waals surface area contributed by atoms with Crippen molar-refractivity contribution in [3.05, 3.63) is 83.7 Å². The summed E-state index contributed by atoms with van der Waals surface area (Å²) in [6.45, 7) is 0.678. The number of benzene rings is 2. The molecule has 2 N–H and O–H groups in total. The lowest BCUT2D eigenvalue weighted by Gasteiger charge is -2.23. The molecule has 0 radical (unpaired) electrons. The van der Waals surface area contributed by atoms with Crippen molar-refractivity contribution in [3.8, 4) is 11.3 Å². The van der Waals surface area contributed by atoms with Crippen LogP contribution in [0.1, 0.15) is 11.3 Å². The molecule has 148 valence electrons. The summed E-state index contributed by atoms with van der Waals surface area (Å²) in [6.07, 6.45) is 2.43. The summed E-state index contributed by atoms with van der Waals surface area (Å²) in [5, 5.41) is 7.64. The Morgan fingerprint density at radius 2 is 1.87 bits per heavy atom. The molecule has 5 rings (SSSR count). The molecule has 30 heavy (non-hydrogen) atoms. The molecule has 2 aromatic carbocycles. The van der Waals surface area contributed by atoms with Gasteiger partial charge in [0.15, 0.2) is 11.6 Å². The summed E-state index contributed by atoms with van der Waals surface area (Å²) in [5.41, 5.74) is 5.20. The second-order valence-corrected chi connectivity index (χ2v) is 7.42. The van der Waals surface area contributed by atoms with Crippen molar-refractivity contribution < 1.29 is 8.78 Å². The standard InChI is InChI=1S/C23H16F2N4S/c24-15-7-6-13(11-16(15)25)20-12-21(22-19(29-20)8-10-27-23(22)30)28-18-5-1-4-17-14(18)3-2-9-26-17/h1-7,9,11-12H,8,10H2,(H,27,30)(H,28,29). The van der Waals surface area contributed by atoms with Gasteiger partial charge < -0.3 is 10.6 Å². The van der Waals surface area contributed by atoms with Gasteiger partial charge in [-0.15, -0.1) is 0 Å². The van der Waals surface area contributed by atoms with E-state index in [1.54, 1.807) is 6.20 Å². The van der Waals surface area contributed by atoms with Gasteiger partial charge in [-0.2, -0.15) is 0 Å². The molecular formula is C23H16F2N4S. The first-order chi connectivity index (χ1) is 14.6. The summed E-state index contributed by atoms with van der Waals surface area (Å²) in [7, 11) is 0. The molecule has 3 heterocycles. The smallest absolute Gasteiger partial charge is 0.159 e. The van der Waals surface area contributed by atoms with E-state index in [0.717, 1.165) is 45.7 Å². The Balaban J connectivity index is 1.67. The quantitative estimate of drug-likeness (QED) is 0.451. The van der Waals surface area contributed by atoms with Gasteiger partial charge in [-0.3, -0.25) is 9.97 Å². The molecule has 0 saturated carbocycles. The Kier molecular flexibility index (Phi) is 4.59. The van der Waals surface area contributed by atoms with Gasteiger partial charge in [0.05, 0.1) is 28.2 Å². The number of hydrogen-bond acceptors (Lipinski definition) is 4. The second-order valence-electron chi connectivity index (χ2n) is 7.01. The van der Waals surface area contributed by atoms with Crippen LogP contribution >= 0.6 is 12.2 Å². The van der Waals surface area contributed by atoms with Crippen LogP contribution in [0.15, 0.2) is 60.8 Å². The third-order valence-corrected chi connectivity index (χ3v) is 5.45. The lowest BCUT2D eigenvalue weighted by molar-refractivity contribution is 0.509. The number of anilines is 2. The number of nitrogens with zero attached hydrogens (tertiary/aromatic N) is 2. The van der Waals surface area contributed by atoms with Crippen molar-refractivity contribution >= 4 is 39.5 Å². The Morgan fingerprint density at radius 1 is 0.967 bits per heavy atom. The van der Waals surface area contributed by atoms with Crippen LogP contribution in [0.5, 0.6) is 0 Å². The van der Waals surface area contributed by atoms with Gasteiger partial charge in [-0.25, -0.2) is 8.78 Å². The first kappa shape index (κ1) is 18.6. The Bertz CT molecular complexity index is 1300. The number of rotatable bonds is 3. The zero-order chi connectivity index (χ0) is 20.7. The van der Waals surface area contributed by atoms with E-state index in [1.165, 1.54) is 6.07 Å². The first-order valence-electron chi connectivity index (χ1n) is 9.48. The number of aromatic nitrogens is 2. The van der Waals surface area contributed by atoms with Crippen LogP contribution in [0, 0.1) is 11.6 Å². The molecule has 0 unspecified atom stereocenters. The molecular weight excluding hydrogens is 402 g/mol. The molecule has 0 fully saturated rings. The zero-order valence-electron chi connectivity index (χ0n) is 15.7. The van der Waals surface area contributed by atoms with E-state index in [9.17, 15) is 8.78 Å². The molecule has 4 nitrogen and oxygen atoms in total. The highest BCUT2D eigenvalue weighted by Gasteiger charge is 2.22. The topological polar surface area (TPSA) is 49.8 Å². The van der Waals surface area contributed by atoms with E-state index in [4.69, 9.17) is 17.2 Å². The fraction of sp³-hybridized carbons (Fsp3) is 0.0870. The minimum Gasteiger partial charge on any atom is -0.375 e. The average Bonchev–Trinajstić information content (AvgIpc) is 2.76. The van der Waals surface area contributed by atoms with Crippen LogP contribution in [-0.4, -0.2) is 21.5 Å². The van der Waals surface area contributed by atoms with Gasteiger partial charge in [-0.1, -0.05) is 18.3 Å².